The number of hydrogen-bond acceptors (Lipinski definition) is 3. The predicted molar refractivity (Wildman–Crippen MR) is 93.5 cm³/mol. The third kappa shape index (κ3) is 5.87. The quantitative estimate of drug-likeness (QED) is 0.632. The van der Waals surface area contributed by atoms with Gasteiger partial charge >= 0.3 is 0 Å². The van der Waals surface area contributed by atoms with Crippen LogP contribution >= 0.6 is 0 Å². The minimum Gasteiger partial charge on any atom is -0.378 e. The van der Waals surface area contributed by atoms with Crippen molar-refractivity contribution in [3.63, 3.8) is 0 Å². The molecule has 2 rings (SSSR count). The summed E-state index contributed by atoms with van der Waals surface area (Å²) in [6.45, 7) is 8.96. The Kier molecular flexibility index (Phi) is 7.66. The average molecular weight is 336 g/mol. The number of ether oxygens (including phenoxy) is 1. The number of halogens is 1. The molecule has 0 radical (unpaired) electrons. The lowest BCUT2D eigenvalue weighted by molar-refractivity contribution is -0.123. The summed E-state index contributed by atoms with van der Waals surface area (Å²) in [6.07, 6.45) is 2.13. The van der Waals surface area contributed by atoms with E-state index >= 15 is 0 Å². The van der Waals surface area contributed by atoms with Crippen molar-refractivity contribution in [2.45, 2.75) is 32.6 Å². The maximum absolute atomic E-state index is 13.1. The van der Waals surface area contributed by atoms with Crippen molar-refractivity contribution >= 4 is 5.91 Å². The number of carbonyl (C=O) groups excluding carboxylic acids is 1. The molecular weight excluding hydrogens is 307 g/mol. The first kappa shape index (κ1) is 18.9. The molecule has 1 aromatic carbocycles. The van der Waals surface area contributed by atoms with E-state index in [4.69, 9.17) is 4.74 Å². The van der Waals surface area contributed by atoms with Crippen molar-refractivity contribution in [1.82, 2.24) is 10.2 Å². The Labute approximate surface area is 144 Å². The number of amides is 1. The van der Waals surface area contributed by atoms with E-state index in [2.05, 4.69) is 24.1 Å². The lowest BCUT2D eigenvalue weighted by atomic mass is 9.93. The Morgan fingerprint density at radius 3 is 2.50 bits per heavy atom. The molecule has 0 bridgehead atoms. The molecule has 1 fully saturated rings. The van der Waals surface area contributed by atoms with Crippen molar-refractivity contribution in [3.8, 4) is 0 Å². The summed E-state index contributed by atoms with van der Waals surface area (Å²) in [5.41, 5.74) is 0.902. The highest BCUT2D eigenvalue weighted by Crippen LogP contribution is 2.42. The molecule has 0 spiro atoms. The lowest BCUT2D eigenvalue weighted by Gasteiger charge is -2.18. The van der Waals surface area contributed by atoms with Crippen LogP contribution in [0.1, 0.15) is 38.2 Å². The molecular formula is C19H29FN2O2. The van der Waals surface area contributed by atoms with Crippen LogP contribution in [0.4, 0.5) is 4.39 Å². The summed E-state index contributed by atoms with van der Waals surface area (Å²) < 4.78 is 18.7. The average Bonchev–Trinajstić information content (AvgIpc) is 3.41. The van der Waals surface area contributed by atoms with Gasteiger partial charge in [0.1, 0.15) is 5.82 Å². The Morgan fingerprint density at radius 2 is 1.92 bits per heavy atom. The number of benzene rings is 1. The summed E-state index contributed by atoms with van der Waals surface area (Å²) in [7, 11) is 0. The predicted octanol–water partition coefficient (Wildman–Crippen LogP) is 2.79. The Hall–Kier alpha value is -1.46. The lowest BCUT2D eigenvalue weighted by Crippen LogP contribution is -2.34. The summed E-state index contributed by atoms with van der Waals surface area (Å²) in [5.74, 6) is -0.0212. The topological polar surface area (TPSA) is 41.6 Å². The largest absolute Gasteiger partial charge is 0.378 e. The van der Waals surface area contributed by atoms with E-state index in [9.17, 15) is 9.18 Å². The zero-order chi connectivity index (χ0) is 17.4. The molecule has 0 aromatic heterocycles. The number of hydrogen-bond donors (Lipinski definition) is 1. The zero-order valence-corrected chi connectivity index (χ0v) is 14.8. The SMILES string of the molecule is CCN(CC)CCOCCNC(=O)C(c1ccc(F)cc1)C1CC1. The van der Waals surface area contributed by atoms with Crippen LogP contribution < -0.4 is 5.32 Å². The second-order valence-electron chi connectivity index (χ2n) is 6.30. The minimum absolute atomic E-state index is 0.0245. The molecule has 1 N–H and O–H groups in total. The summed E-state index contributed by atoms with van der Waals surface area (Å²) in [5, 5.41) is 2.96. The molecule has 1 aliphatic carbocycles. The fourth-order valence-corrected chi connectivity index (χ4v) is 2.93. The van der Waals surface area contributed by atoms with Gasteiger partial charge in [-0.25, -0.2) is 4.39 Å². The van der Waals surface area contributed by atoms with Crippen molar-refractivity contribution in [2.75, 3.05) is 39.4 Å². The van der Waals surface area contributed by atoms with Crippen molar-refractivity contribution in [2.24, 2.45) is 5.92 Å². The van der Waals surface area contributed by atoms with Gasteiger partial charge in [-0.3, -0.25) is 4.79 Å². The third-order valence-electron chi connectivity index (χ3n) is 4.60. The molecule has 24 heavy (non-hydrogen) atoms. The van der Waals surface area contributed by atoms with E-state index in [-0.39, 0.29) is 17.6 Å². The van der Waals surface area contributed by atoms with Gasteiger partial charge in [-0.15, -0.1) is 0 Å². The first-order chi connectivity index (χ1) is 11.7. The van der Waals surface area contributed by atoms with Crippen LogP contribution in [0.3, 0.4) is 0 Å². The number of carbonyl (C=O) groups is 1. The number of nitrogens with one attached hydrogen (secondary N) is 1. The van der Waals surface area contributed by atoms with Crippen LogP contribution in [0.2, 0.25) is 0 Å². The van der Waals surface area contributed by atoms with E-state index in [1.807, 2.05) is 0 Å². The van der Waals surface area contributed by atoms with E-state index in [0.29, 0.717) is 25.7 Å². The number of rotatable bonds is 11. The van der Waals surface area contributed by atoms with Gasteiger partial charge in [-0.05, 0) is 49.5 Å². The van der Waals surface area contributed by atoms with Crippen LogP contribution in [0.15, 0.2) is 24.3 Å². The minimum atomic E-state index is -0.268. The highest BCUT2D eigenvalue weighted by atomic mass is 19.1. The first-order valence-corrected chi connectivity index (χ1v) is 8.99. The highest BCUT2D eigenvalue weighted by Gasteiger charge is 2.37. The fourth-order valence-electron chi connectivity index (χ4n) is 2.93. The molecule has 1 atom stereocenters. The monoisotopic (exact) mass is 336 g/mol. The van der Waals surface area contributed by atoms with E-state index in [1.54, 1.807) is 12.1 Å². The number of likely N-dealkylation sites (N-methyl/N-ethyl adjacent to an activating group) is 1. The molecule has 1 unspecified atom stereocenters. The molecule has 1 aromatic rings. The van der Waals surface area contributed by atoms with Crippen molar-refractivity contribution in [1.29, 1.82) is 0 Å². The highest BCUT2D eigenvalue weighted by molar-refractivity contribution is 5.84. The van der Waals surface area contributed by atoms with Gasteiger partial charge in [0.2, 0.25) is 5.91 Å². The molecule has 1 amide bonds. The second kappa shape index (κ2) is 9.74. The zero-order valence-electron chi connectivity index (χ0n) is 14.8. The summed E-state index contributed by atoms with van der Waals surface area (Å²) >= 11 is 0. The molecule has 134 valence electrons. The maximum atomic E-state index is 13.1. The number of nitrogens with zero attached hydrogens (tertiary/aromatic N) is 1. The summed E-state index contributed by atoms with van der Waals surface area (Å²) in [6, 6.07) is 6.29. The molecule has 5 heteroatoms. The van der Waals surface area contributed by atoms with Crippen LogP contribution in [-0.2, 0) is 9.53 Å². The molecule has 1 saturated carbocycles. The van der Waals surface area contributed by atoms with Gasteiger partial charge in [-0.1, -0.05) is 26.0 Å². The van der Waals surface area contributed by atoms with Gasteiger partial charge < -0.3 is 15.0 Å². The van der Waals surface area contributed by atoms with Gasteiger partial charge in [-0.2, -0.15) is 0 Å². The maximum Gasteiger partial charge on any atom is 0.227 e. The van der Waals surface area contributed by atoms with Crippen LogP contribution in [0.25, 0.3) is 0 Å². The third-order valence-corrected chi connectivity index (χ3v) is 4.60. The normalized spacial score (nSPS) is 15.5. The molecule has 1 aliphatic rings. The van der Waals surface area contributed by atoms with Crippen LogP contribution in [-0.4, -0.2) is 50.2 Å². The van der Waals surface area contributed by atoms with Crippen LogP contribution in [0, 0.1) is 11.7 Å². The van der Waals surface area contributed by atoms with Gasteiger partial charge in [0.15, 0.2) is 0 Å². The van der Waals surface area contributed by atoms with Gasteiger partial charge in [0, 0.05) is 13.1 Å². The molecule has 0 aliphatic heterocycles. The van der Waals surface area contributed by atoms with E-state index in [0.717, 1.165) is 38.0 Å². The summed E-state index contributed by atoms with van der Waals surface area (Å²) in [4.78, 5) is 14.8. The molecule has 0 heterocycles. The van der Waals surface area contributed by atoms with E-state index < -0.39 is 0 Å². The van der Waals surface area contributed by atoms with Crippen LogP contribution in [0.5, 0.6) is 0 Å². The molecule has 4 nitrogen and oxygen atoms in total. The standard InChI is InChI=1S/C19H29FN2O2/c1-3-22(4-2)12-14-24-13-11-21-19(23)18(15-5-6-15)16-7-9-17(20)10-8-16/h7-10,15,18H,3-6,11-14H2,1-2H3,(H,21,23). The second-order valence-corrected chi connectivity index (χ2v) is 6.30. The van der Waals surface area contributed by atoms with Crippen molar-refractivity contribution < 1.29 is 13.9 Å². The molecule has 0 saturated heterocycles. The Balaban J connectivity index is 1.71. The Bertz CT molecular complexity index is 499. The van der Waals surface area contributed by atoms with Crippen molar-refractivity contribution in [3.05, 3.63) is 35.6 Å². The fraction of sp³-hybridized carbons (Fsp3) is 0.632. The smallest absolute Gasteiger partial charge is 0.227 e. The Morgan fingerprint density at radius 1 is 1.25 bits per heavy atom. The van der Waals surface area contributed by atoms with Gasteiger partial charge in [0.25, 0.3) is 0 Å². The first-order valence-electron chi connectivity index (χ1n) is 8.99. The van der Waals surface area contributed by atoms with E-state index in [1.165, 1.54) is 12.1 Å². The van der Waals surface area contributed by atoms with Gasteiger partial charge in [0.05, 0.1) is 19.1 Å².